The number of hydrogen-bond acceptors (Lipinski definition) is 3. The van der Waals surface area contributed by atoms with E-state index in [0.717, 1.165) is 26.1 Å². The molecule has 1 saturated heterocycles. The van der Waals surface area contributed by atoms with Crippen LogP contribution >= 0.6 is 11.3 Å². The Morgan fingerprint density at radius 3 is 2.65 bits per heavy atom. The summed E-state index contributed by atoms with van der Waals surface area (Å²) in [5.41, 5.74) is 3.22. The molecule has 138 valence electrons. The van der Waals surface area contributed by atoms with Gasteiger partial charge in [0.2, 0.25) is 5.91 Å². The first kappa shape index (κ1) is 17.7. The summed E-state index contributed by atoms with van der Waals surface area (Å²) in [5.74, 6) is 0.627. The van der Waals surface area contributed by atoms with E-state index in [1.54, 1.807) is 4.90 Å². The normalized spacial score (nSPS) is 21.7. The molecule has 0 radical (unpaired) electrons. The first-order chi connectivity index (χ1) is 12.6. The Morgan fingerprint density at radius 1 is 1.19 bits per heavy atom. The van der Waals surface area contributed by atoms with Gasteiger partial charge in [-0.15, -0.1) is 11.3 Å². The molecule has 0 N–H and O–H groups in total. The number of fused-ring (bicyclic) bond motifs is 2. The topological polar surface area (TPSA) is 23.6 Å². The Morgan fingerprint density at radius 2 is 1.96 bits per heavy atom. The van der Waals surface area contributed by atoms with Crippen molar-refractivity contribution in [3.05, 3.63) is 57.8 Å². The number of likely N-dealkylation sites (tertiary alicyclic amines) is 1. The average Bonchev–Trinajstić information content (AvgIpc) is 3.25. The predicted octanol–water partition coefficient (Wildman–Crippen LogP) is 4.25. The molecule has 4 rings (SSSR count). The molecule has 0 saturated carbocycles. The Kier molecular flexibility index (Phi) is 4.89. The van der Waals surface area contributed by atoms with Gasteiger partial charge in [-0.2, -0.15) is 0 Å². The summed E-state index contributed by atoms with van der Waals surface area (Å²) in [6, 6.07) is 13.3. The third kappa shape index (κ3) is 3.33. The summed E-state index contributed by atoms with van der Waals surface area (Å²) in [5, 5.41) is 2.17. The van der Waals surface area contributed by atoms with Crippen LogP contribution in [0.4, 0.5) is 0 Å². The number of thiophene rings is 1. The van der Waals surface area contributed by atoms with E-state index >= 15 is 0 Å². The molecule has 2 heterocycles. The molecule has 0 bridgehead atoms. The fraction of sp³-hybridized carbons (Fsp3) is 0.500. The lowest BCUT2D eigenvalue weighted by atomic mass is 9.73. The van der Waals surface area contributed by atoms with Gasteiger partial charge in [0.15, 0.2) is 0 Å². The number of hydrogen-bond donors (Lipinski definition) is 0. The van der Waals surface area contributed by atoms with Crippen LogP contribution in [0.2, 0.25) is 0 Å². The van der Waals surface area contributed by atoms with Gasteiger partial charge in [-0.1, -0.05) is 30.3 Å². The summed E-state index contributed by atoms with van der Waals surface area (Å²) in [4.78, 5) is 18.1. The van der Waals surface area contributed by atoms with Crippen molar-refractivity contribution in [2.24, 2.45) is 0 Å². The van der Waals surface area contributed by atoms with Crippen molar-refractivity contribution in [2.45, 2.75) is 43.6 Å². The van der Waals surface area contributed by atoms with Crippen LogP contribution in [0.5, 0.6) is 0 Å². The quantitative estimate of drug-likeness (QED) is 0.805. The van der Waals surface area contributed by atoms with Crippen LogP contribution in [0.3, 0.4) is 0 Å². The fourth-order valence-electron chi connectivity index (χ4n) is 4.84. The summed E-state index contributed by atoms with van der Waals surface area (Å²) >= 11 is 1.85. The third-order valence-corrected chi connectivity index (χ3v) is 7.16. The van der Waals surface area contributed by atoms with Gasteiger partial charge in [0.1, 0.15) is 0 Å². The second-order valence-corrected chi connectivity index (χ2v) is 9.15. The first-order valence-electron chi connectivity index (χ1n) is 9.62. The van der Waals surface area contributed by atoms with Gasteiger partial charge in [0.05, 0.1) is 0 Å². The maximum atomic E-state index is 12.3. The molecule has 1 aliphatic carbocycles. The SMILES string of the molecule is CN(C)C(=O)CC1CC2(CCN(Cc3cccs3)CC2)c2ccccc21. The van der Waals surface area contributed by atoms with E-state index < -0.39 is 0 Å². The van der Waals surface area contributed by atoms with Crippen molar-refractivity contribution in [1.29, 1.82) is 0 Å². The summed E-state index contributed by atoms with van der Waals surface area (Å²) < 4.78 is 0. The lowest BCUT2D eigenvalue weighted by Crippen LogP contribution is -2.41. The number of piperidine rings is 1. The molecule has 3 nitrogen and oxygen atoms in total. The molecule has 2 aromatic rings. The summed E-state index contributed by atoms with van der Waals surface area (Å²) in [6.45, 7) is 3.39. The maximum absolute atomic E-state index is 12.3. The van der Waals surface area contributed by atoms with E-state index in [-0.39, 0.29) is 11.3 Å². The zero-order chi connectivity index (χ0) is 18.1. The van der Waals surface area contributed by atoms with Crippen molar-refractivity contribution in [3.63, 3.8) is 0 Å². The van der Waals surface area contributed by atoms with Crippen LogP contribution in [0, 0.1) is 0 Å². The lowest BCUT2D eigenvalue weighted by Gasteiger charge is -2.40. The van der Waals surface area contributed by atoms with Gasteiger partial charge >= 0.3 is 0 Å². The number of nitrogens with zero attached hydrogens (tertiary/aromatic N) is 2. The van der Waals surface area contributed by atoms with E-state index in [0.29, 0.717) is 12.3 Å². The maximum Gasteiger partial charge on any atom is 0.222 e. The van der Waals surface area contributed by atoms with E-state index in [2.05, 4.69) is 46.7 Å². The van der Waals surface area contributed by atoms with E-state index in [9.17, 15) is 4.79 Å². The molecule has 1 atom stereocenters. The van der Waals surface area contributed by atoms with Crippen LogP contribution in [0.1, 0.15) is 47.6 Å². The number of carbonyl (C=O) groups is 1. The molecule has 1 amide bonds. The van der Waals surface area contributed by atoms with Crippen molar-refractivity contribution < 1.29 is 4.79 Å². The first-order valence-corrected chi connectivity index (χ1v) is 10.5. The van der Waals surface area contributed by atoms with Crippen molar-refractivity contribution >= 4 is 17.2 Å². The molecule has 2 aliphatic rings. The highest BCUT2D eigenvalue weighted by molar-refractivity contribution is 7.09. The van der Waals surface area contributed by atoms with Crippen molar-refractivity contribution in [3.8, 4) is 0 Å². The molecular formula is C22H28N2OS. The van der Waals surface area contributed by atoms with Crippen molar-refractivity contribution in [1.82, 2.24) is 9.80 Å². The van der Waals surface area contributed by atoms with Gasteiger partial charge in [-0.3, -0.25) is 9.69 Å². The van der Waals surface area contributed by atoms with Gasteiger partial charge < -0.3 is 4.90 Å². The molecular weight excluding hydrogens is 340 g/mol. The minimum atomic E-state index is 0.247. The molecule has 1 aromatic carbocycles. The fourth-order valence-corrected chi connectivity index (χ4v) is 5.58. The van der Waals surface area contributed by atoms with Crippen LogP contribution in [0.15, 0.2) is 41.8 Å². The van der Waals surface area contributed by atoms with Crippen LogP contribution in [-0.4, -0.2) is 42.9 Å². The highest BCUT2D eigenvalue weighted by Crippen LogP contribution is 2.52. The standard InChI is InChI=1S/C22H28N2OS/c1-23(2)21(25)14-17-15-22(20-8-4-3-7-19(17)20)9-11-24(12-10-22)16-18-6-5-13-26-18/h3-8,13,17H,9-12,14-16H2,1-2H3. The highest BCUT2D eigenvalue weighted by Gasteiger charge is 2.45. The van der Waals surface area contributed by atoms with Gasteiger partial charge in [-0.25, -0.2) is 0 Å². The van der Waals surface area contributed by atoms with Gasteiger partial charge in [0.25, 0.3) is 0 Å². The Hall–Kier alpha value is -1.65. The van der Waals surface area contributed by atoms with E-state index in [4.69, 9.17) is 0 Å². The monoisotopic (exact) mass is 368 g/mol. The Bertz CT molecular complexity index is 760. The second kappa shape index (κ2) is 7.16. The number of benzene rings is 1. The van der Waals surface area contributed by atoms with E-state index in [1.165, 1.54) is 28.8 Å². The zero-order valence-electron chi connectivity index (χ0n) is 15.8. The minimum Gasteiger partial charge on any atom is -0.349 e. The van der Waals surface area contributed by atoms with Crippen LogP contribution < -0.4 is 0 Å². The number of carbonyl (C=O) groups excluding carboxylic acids is 1. The average molecular weight is 369 g/mol. The molecule has 1 spiro atoms. The van der Waals surface area contributed by atoms with Crippen molar-refractivity contribution in [2.75, 3.05) is 27.2 Å². The van der Waals surface area contributed by atoms with Gasteiger partial charge in [-0.05, 0) is 66.3 Å². The summed E-state index contributed by atoms with van der Waals surface area (Å²) in [6.07, 6.45) is 4.20. The molecule has 1 aliphatic heterocycles. The smallest absolute Gasteiger partial charge is 0.222 e. The third-order valence-electron chi connectivity index (χ3n) is 6.30. The molecule has 26 heavy (non-hydrogen) atoms. The second-order valence-electron chi connectivity index (χ2n) is 8.12. The summed E-state index contributed by atoms with van der Waals surface area (Å²) in [7, 11) is 3.73. The molecule has 1 unspecified atom stereocenters. The molecule has 1 fully saturated rings. The number of amides is 1. The highest BCUT2D eigenvalue weighted by atomic mass is 32.1. The minimum absolute atomic E-state index is 0.247. The molecule has 1 aromatic heterocycles. The molecule has 4 heteroatoms. The Labute approximate surface area is 160 Å². The van der Waals surface area contributed by atoms with Crippen LogP contribution in [0.25, 0.3) is 0 Å². The lowest BCUT2D eigenvalue weighted by molar-refractivity contribution is -0.129. The van der Waals surface area contributed by atoms with Gasteiger partial charge in [0, 0.05) is 31.9 Å². The Balaban J connectivity index is 1.49. The zero-order valence-corrected chi connectivity index (χ0v) is 16.6. The van der Waals surface area contributed by atoms with E-state index in [1.807, 2.05) is 25.4 Å². The largest absolute Gasteiger partial charge is 0.349 e. The number of rotatable bonds is 4. The predicted molar refractivity (Wildman–Crippen MR) is 108 cm³/mol. The van der Waals surface area contributed by atoms with Crippen LogP contribution in [-0.2, 0) is 16.8 Å².